The van der Waals surface area contributed by atoms with Gasteiger partial charge in [-0.25, -0.2) is 8.78 Å². The SMILES string of the molecule is O=C1Cn2c(C(=O)NC3CC34CC(O)C4)cc(NC(=O)c3cc(F)cc(C(F)(F)F)c3)c2C(c2cc(F)ccc2Cl)N1. The number of anilines is 1. The molecule has 42 heavy (non-hydrogen) atoms. The summed E-state index contributed by atoms with van der Waals surface area (Å²) in [6.45, 7) is -0.371. The molecule has 2 aromatic carbocycles. The van der Waals surface area contributed by atoms with Crippen molar-refractivity contribution in [1.29, 1.82) is 0 Å². The number of alkyl halides is 3. The number of amides is 3. The highest BCUT2D eigenvalue weighted by molar-refractivity contribution is 6.31. The van der Waals surface area contributed by atoms with Crippen molar-refractivity contribution < 1.29 is 41.4 Å². The van der Waals surface area contributed by atoms with Crippen molar-refractivity contribution in [3.8, 4) is 0 Å². The predicted molar refractivity (Wildman–Crippen MR) is 139 cm³/mol. The number of benzene rings is 2. The van der Waals surface area contributed by atoms with Gasteiger partial charge in [-0.1, -0.05) is 11.6 Å². The molecule has 1 aromatic heterocycles. The minimum absolute atomic E-state index is 0.0511. The molecular formula is C28H22ClF5N4O4. The number of rotatable bonds is 5. The monoisotopic (exact) mass is 608 g/mol. The molecule has 8 nitrogen and oxygen atoms in total. The summed E-state index contributed by atoms with van der Waals surface area (Å²) in [7, 11) is 0. The van der Waals surface area contributed by atoms with Gasteiger partial charge in [0.15, 0.2) is 0 Å². The van der Waals surface area contributed by atoms with Crippen molar-refractivity contribution in [3.63, 3.8) is 0 Å². The second kappa shape index (κ2) is 9.80. The lowest BCUT2D eigenvalue weighted by Crippen LogP contribution is -2.42. The highest BCUT2D eigenvalue weighted by Gasteiger charge is 2.62. The molecule has 0 radical (unpaired) electrons. The molecule has 2 aliphatic carbocycles. The lowest BCUT2D eigenvalue weighted by molar-refractivity contribution is -0.137. The van der Waals surface area contributed by atoms with Crippen molar-refractivity contribution in [3.05, 3.63) is 87.2 Å². The molecule has 2 unspecified atom stereocenters. The van der Waals surface area contributed by atoms with E-state index in [0.717, 1.165) is 12.1 Å². The Kier molecular flexibility index (Phi) is 6.57. The molecule has 2 heterocycles. The van der Waals surface area contributed by atoms with Gasteiger partial charge in [-0.3, -0.25) is 14.4 Å². The Hall–Kier alpha value is -3.97. The third-order valence-corrected chi connectivity index (χ3v) is 8.38. The van der Waals surface area contributed by atoms with Crippen molar-refractivity contribution in [2.24, 2.45) is 5.41 Å². The summed E-state index contributed by atoms with van der Waals surface area (Å²) in [4.78, 5) is 39.3. The second-order valence-corrected chi connectivity index (χ2v) is 11.3. The number of aliphatic hydroxyl groups excluding tert-OH is 1. The van der Waals surface area contributed by atoms with Gasteiger partial charge >= 0.3 is 6.18 Å². The largest absolute Gasteiger partial charge is 0.416 e. The van der Waals surface area contributed by atoms with Gasteiger partial charge in [0.05, 0.1) is 29.1 Å². The summed E-state index contributed by atoms with van der Waals surface area (Å²) < 4.78 is 69.4. The van der Waals surface area contributed by atoms with Crippen LogP contribution in [0.5, 0.6) is 0 Å². The van der Waals surface area contributed by atoms with Crippen LogP contribution in [-0.4, -0.2) is 39.5 Å². The van der Waals surface area contributed by atoms with E-state index >= 15 is 0 Å². The number of hydrogen-bond donors (Lipinski definition) is 4. The Morgan fingerprint density at radius 1 is 1.02 bits per heavy atom. The maximum absolute atomic E-state index is 14.2. The van der Waals surface area contributed by atoms with Gasteiger partial charge in [-0.2, -0.15) is 13.2 Å². The van der Waals surface area contributed by atoms with Crippen LogP contribution in [0.4, 0.5) is 27.6 Å². The summed E-state index contributed by atoms with van der Waals surface area (Å²) in [5.41, 5.74) is -2.13. The minimum Gasteiger partial charge on any atom is -0.393 e. The number of aromatic nitrogens is 1. The van der Waals surface area contributed by atoms with Crippen LogP contribution in [0.3, 0.4) is 0 Å². The van der Waals surface area contributed by atoms with Crippen LogP contribution >= 0.6 is 11.6 Å². The van der Waals surface area contributed by atoms with E-state index in [1.165, 1.54) is 16.7 Å². The molecule has 3 amide bonds. The molecular weight excluding hydrogens is 587 g/mol. The molecule has 2 saturated carbocycles. The van der Waals surface area contributed by atoms with Gasteiger partial charge in [0, 0.05) is 22.2 Å². The fourth-order valence-electron chi connectivity index (χ4n) is 5.91. The van der Waals surface area contributed by atoms with E-state index < -0.39 is 58.8 Å². The van der Waals surface area contributed by atoms with Crippen LogP contribution in [0.2, 0.25) is 5.02 Å². The highest BCUT2D eigenvalue weighted by Crippen LogP contribution is 2.60. The van der Waals surface area contributed by atoms with Crippen LogP contribution < -0.4 is 16.0 Å². The van der Waals surface area contributed by atoms with Gasteiger partial charge in [0.25, 0.3) is 11.8 Å². The molecule has 220 valence electrons. The van der Waals surface area contributed by atoms with Crippen molar-refractivity contribution >= 4 is 35.0 Å². The molecule has 4 N–H and O–H groups in total. The van der Waals surface area contributed by atoms with Gasteiger partial charge in [-0.05, 0) is 67.1 Å². The highest BCUT2D eigenvalue weighted by atomic mass is 35.5. The van der Waals surface area contributed by atoms with E-state index in [2.05, 4.69) is 16.0 Å². The van der Waals surface area contributed by atoms with Crippen molar-refractivity contribution in [1.82, 2.24) is 15.2 Å². The fraction of sp³-hybridized carbons (Fsp3) is 0.321. The van der Waals surface area contributed by atoms with E-state index in [-0.39, 0.29) is 51.7 Å². The molecule has 14 heteroatoms. The maximum atomic E-state index is 14.2. The number of hydrogen-bond acceptors (Lipinski definition) is 4. The Morgan fingerprint density at radius 2 is 1.76 bits per heavy atom. The van der Waals surface area contributed by atoms with Gasteiger partial charge in [-0.15, -0.1) is 0 Å². The van der Waals surface area contributed by atoms with E-state index in [1.54, 1.807) is 0 Å². The molecule has 0 saturated heterocycles. The molecule has 3 aromatic rings. The molecule has 2 fully saturated rings. The lowest BCUT2D eigenvalue weighted by atomic mass is 9.78. The quantitative estimate of drug-likeness (QED) is 0.318. The Balaban J connectivity index is 1.40. The van der Waals surface area contributed by atoms with Gasteiger partial charge in [0.1, 0.15) is 23.9 Å². The summed E-state index contributed by atoms with van der Waals surface area (Å²) in [5, 5.41) is 17.7. The second-order valence-electron chi connectivity index (χ2n) is 10.9. The number of fused-ring (bicyclic) bond motifs is 1. The first kappa shape index (κ1) is 28.2. The van der Waals surface area contributed by atoms with E-state index in [4.69, 9.17) is 11.6 Å². The van der Waals surface area contributed by atoms with Crippen LogP contribution in [0.1, 0.15) is 63.0 Å². The Morgan fingerprint density at radius 3 is 2.45 bits per heavy atom. The zero-order valence-electron chi connectivity index (χ0n) is 21.5. The number of nitrogens with zero attached hydrogens (tertiary/aromatic N) is 1. The molecule has 3 aliphatic rings. The van der Waals surface area contributed by atoms with Crippen LogP contribution in [0.25, 0.3) is 0 Å². The maximum Gasteiger partial charge on any atom is 0.416 e. The number of nitrogens with one attached hydrogen (secondary N) is 3. The van der Waals surface area contributed by atoms with Gasteiger partial charge < -0.3 is 25.6 Å². The topological polar surface area (TPSA) is 112 Å². The third-order valence-electron chi connectivity index (χ3n) is 8.04. The molecule has 0 bridgehead atoms. The predicted octanol–water partition coefficient (Wildman–Crippen LogP) is 4.55. The number of carbonyl (C=O) groups excluding carboxylic acids is 3. The Bertz CT molecular complexity index is 1650. The first-order chi connectivity index (χ1) is 19.7. The molecule has 2 atom stereocenters. The summed E-state index contributed by atoms with van der Waals surface area (Å²) >= 11 is 6.32. The average Bonchev–Trinajstić information content (AvgIpc) is 3.46. The molecule has 1 spiro atoms. The number of carbonyl (C=O) groups is 3. The van der Waals surface area contributed by atoms with E-state index in [9.17, 15) is 41.4 Å². The summed E-state index contributed by atoms with van der Waals surface area (Å²) in [6, 6.07) is 4.66. The summed E-state index contributed by atoms with van der Waals surface area (Å²) in [6.07, 6.45) is -3.60. The normalized spacial score (nSPS) is 24.5. The number of halogens is 6. The Labute approximate surface area is 239 Å². The number of aliphatic hydroxyl groups is 1. The smallest absolute Gasteiger partial charge is 0.393 e. The van der Waals surface area contributed by atoms with Crippen LogP contribution in [0.15, 0.2) is 42.5 Å². The first-order valence-corrected chi connectivity index (χ1v) is 13.3. The van der Waals surface area contributed by atoms with E-state index in [1.807, 2.05) is 0 Å². The summed E-state index contributed by atoms with van der Waals surface area (Å²) in [5.74, 6) is -4.24. The standard InChI is InChI=1S/C28H22ClF5N4O4/c29-18-2-1-14(30)6-17(18)23-24-19(35-25(41)12-3-13(28(32,33)34)5-15(31)4-12)7-20(38(24)11-22(40)37-23)26(42)36-21-10-27(21)8-16(39)9-27/h1-7,16,21,23,39H,8-11H2,(H,35,41)(H,36,42)(H,37,40). The molecule has 6 rings (SSSR count). The van der Waals surface area contributed by atoms with Gasteiger partial charge in [0.2, 0.25) is 5.91 Å². The molecule has 1 aliphatic heterocycles. The van der Waals surface area contributed by atoms with Crippen molar-refractivity contribution in [2.45, 2.75) is 50.2 Å². The zero-order valence-corrected chi connectivity index (χ0v) is 22.2. The van der Waals surface area contributed by atoms with Crippen LogP contribution in [0, 0.1) is 17.0 Å². The van der Waals surface area contributed by atoms with Crippen molar-refractivity contribution in [2.75, 3.05) is 5.32 Å². The third kappa shape index (κ3) is 5.00. The van der Waals surface area contributed by atoms with E-state index in [0.29, 0.717) is 31.4 Å². The lowest BCUT2D eigenvalue weighted by Gasteiger charge is -2.33. The zero-order chi connectivity index (χ0) is 30.1. The minimum atomic E-state index is -4.92. The van der Waals surface area contributed by atoms with Crippen LogP contribution in [-0.2, 0) is 17.5 Å². The fourth-order valence-corrected chi connectivity index (χ4v) is 6.13. The first-order valence-electron chi connectivity index (χ1n) is 12.9. The average molecular weight is 609 g/mol.